The van der Waals surface area contributed by atoms with Crippen LogP contribution < -0.4 is 5.32 Å². The molecule has 2 N–H and O–H groups in total. The molecule has 0 aromatic rings. The van der Waals surface area contributed by atoms with Gasteiger partial charge in [-0.3, -0.25) is 0 Å². The molecule has 92 valence electrons. The first-order valence-electron chi connectivity index (χ1n) is 5.33. The van der Waals surface area contributed by atoms with Crippen LogP contribution in [0, 0.1) is 5.92 Å². The quantitative estimate of drug-likeness (QED) is 0.673. The van der Waals surface area contributed by atoms with E-state index in [0.29, 0.717) is 13.1 Å². The van der Waals surface area contributed by atoms with E-state index in [1.54, 1.807) is 19.9 Å². The summed E-state index contributed by atoms with van der Waals surface area (Å²) in [6.45, 7) is 9.80. The van der Waals surface area contributed by atoms with Crippen molar-refractivity contribution in [3.8, 4) is 0 Å². The van der Waals surface area contributed by atoms with Gasteiger partial charge in [0.1, 0.15) is 6.04 Å². The highest BCUT2D eigenvalue weighted by atomic mass is 16.4. The van der Waals surface area contributed by atoms with Crippen LogP contribution in [-0.4, -0.2) is 41.1 Å². The van der Waals surface area contributed by atoms with E-state index in [-0.39, 0.29) is 11.9 Å². The Bertz CT molecular complexity index is 264. The molecule has 0 aromatic carbocycles. The highest BCUT2D eigenvalue weighted by Gasteiger charge is 2.24. The Kier molecular flexibility index (Phi) is 6.22. The first-order valence-corrected chi connectivity index (χ1v) is 5.33. The molecule has 0 aliphatic carbocycles. The zero-order valence-electron chi connectivity index (χ0n) is 10.1. The predicted molar refractivity (Wildman–Crippen MR) is 62.2 cm³/mol. The Balaban J connectivity index is 4.49. The molecule has 0 spiro atoms. The van der Waals surface area contributed by atoms with Crippen molar-refractivity contribution in [2.75, 3.05) is 13.1 Å². The number of carbonyl (C=O) groups excluding carboxylic acids is 1. The predicted octanol–water partition coefficient (Wildman–Crippen LogP) is 1.31. The fraction of sp³-hybridized carbons (Fsp3) is 0.636. The van der Waals surface area contributed by atoms with Gasteiger partial charge in [0, 0.05) is 13.1 Å². The molecule has 0 saturated carbocycles. The van der Waals surface area contributed by atoms with E-state index in [0.717, 1.165) is 0 Å². The second-order valence-electron chi connectivity index (χ2n) is 3.84. The number of hydrogen-bond donors (Lipinski definition) is 2. The number of carbonyl (C=O) groups is 2. The van der Waals surface area contributed by atoms with E-state index in [9.17, 15) is 9.59 Å². The summed E-state index contributed by atoms with van der Waals surface area (Å²) in [5.41, 5.74) is 0. The van der Waals surface area contributed by atoms with Crippen LogP contribution in [0.2, 0.25) is 0 Å². The van der Waals surface area contributed by atoms with Crippen molar-refractivity contribution < 1.29 is 14.7 Å². The molecule has 0 unspecified atom stereocenters. The van der Waals surface area contributed by atoms with Crippen LogP contribution in [0.3, 0.4) is 0 Å². The van der Waals surface area contributed by atoms with Gasteiger partial charge in [-0.05, 0) is 12.8 Å². The molecule has 0 aromatic heterocycles. The van der Waals surface area contributed by atoms with Crippen molar-refractivity contribution in [1.29, 1.82) is 0 Å². The van der Waals surface area contributed by atoms with E-state index < -0.39 is 12.0 Å². The summed E-state index contributed by atoms with van der Waals surface area (Å²) in [5.74, 6) is -1.16. The standard InChI is InChI=1S/C11H20N2O3/c1-5-7-13(6-2)11(16)12-9(8(3)4)10(14)15/h5,8-9H,1,6-7H2,2-4H3,(H,12,16)(H,14,15)/t9-/m0/s1. The Morgan fingerprint density at radius 1 is 1.50 bits per heavy atom. The number of urea groups is 1. The summed E-state index contributed by atoms with van der Waals surface area (Å²) in [6.07, 6.45) is 1.61. The van der Waals surface area contributed by atoms with E-state index in [2.05, 4.69) is 11.9 Å². The number of nitrogens with one attached hydrogen (secondary N) is 1. The first-order chi connectivity index (χ1) is 7.43. The number of carboxylic acid groups (broad SMARTS) is 1. The van der Waals surface area contributed by atoms with Gasteiger partial charge in [-0.25, -0.2) is 9.59 Å². The fourth-order valence-electron chi connectivity index (χ4n) is 1.25. The maximum atomic E-state index is 11.7. The number of nitrogens with zero attached hydrogens (tertiary/aromatic N) is 1. The minimum atomic E-state index is -1.02. The topological polar surface area (TPSA) is 69.6 Å². The van der Waals surface area contributed by atoms with Gasteiger partial charge >= 0.3 is 12.0 Å². The Labute approximate surface area is 96.1 Å². The van der Waals surface area contributed by atoms with Crippen LogP contribution in [0.1, 0.15) is 20.8 Å². The summed E-state index contributed by atoms with van der Waals surface area (Å²) in [4.78, 5) is 24.1. The van der Waals surface area contributed by atoms with Crippen LogP contribution in [-0.2, 0) is 4.79 Å². The molecule has 0 aliphatic rings. The Morgan fingerprint density at radius 3 is 2.38 bits per heavy atom. The van der Waals surface area contributed by atoms with Crippen molar-refractivity contribution in [3.63, 3.8) is 0 Å². The molecule has 16 heavy (non-hydrogen) atoms. The van der Waals surface area contributed by atoms with E-state index in [4.69, 9.17) is 5.11 Å². The van der Waals surface area contributed by atoms with Crippen LogP contribution in [0.4, 0.5) is 4.79 Å². The molecule has 0 rings (SSSR count). The van der Waals surface area contributed by atoms with Gasteiger partial charge in [0.15, 0.2) is 0 Å². The zero-order valence-corrected chi connectivity index (χ0v) is 10.1. The number of likely N-dealkylation sites (N-methyl/N-ethyl adjacent to an activating group) is 1. The zero-order chi connectivity index (χ0) is 12.7. The van der Waals surface area contributed by atoms with Crippen LogP contribution in [0.5, 0.6) is 0 Å². The smallest absolute Gasteiger partial charge is 0.326 e. The summed E-state index contributed by atoms with van der Waals surface area (Å²) >= 11 is 0. The molecule has 0 aliphatic heterocycles. The van der Waals surface area contributed by atoms with Crippen molar-refractivity contribution in [1.82, 2.24) is 10.2 Å². The van der Waals surface area contributed by atoms with Crippen LogP contribution >= 0.6 is 0 Å². The summed E-state index contributed by atoms with van der Waals surface area (Å²) in [5, 5.41) is 11.4. The third-order valence-electron chi connectivity index (χ3n) is 2.23. The van der Waals surface area contributed by atoms with Crippen molar-refractivity contribution >= 4 is 12.0 Å². The van der Waals surface area contributed by atoms with Gasteiger partial charge in [-0.15, -0.1) is 6.58 Å². The minimum absolute atomic E-state index is 0.149. The maximum Gasteiger partial charge on any atom is 0.326 e. The summed E-state index contributed by atoms with van der Waals surface area (Å²) in [6, 6.07) is -1.23. The number of amides is 2. The van der Waals surface area contributed by atoms with E-state index >= 15 is 0 Å². The van der Waals surface area contributed by atoms with Gasteiger partial charge in [0.2, 0.25) is 0 Å². The number of rotatable bonds is 6. The molecular weight excluding hydrogens is 208 g/mol. The van der Waals surface area contributed by atoms with E-state index in [1.807, 2.05) is 6.92 Å². The lowest BCUT2D eigenvalue weighted by atomic mass is 10.1. The Hall–Kier alpha value is -1.52. The van der Waals surface area contributed by atoms with Gasteiger partial charge in [0.25, 0.3) is 0 Å². The highest BCUT2D eigenvalue weighted by Crippen LogP contribution is 2.03. The highest BCUT2D eigenvalue weighted by molar-refractivity contribution is 5.82. The lowest BCUT2D eigenvalue weighted by molar-refractivity contribution is -0.140. The van der Waals surface area contributed by atoms with Gasteiger partial charge in [-0.2, -0.15) is 0 Å². The average Bonchev–Trinajstić information content (AvgIpc) is 2.21. The molecular formula is C11H20N2O3. The SMILES string of the molecule is C=CCN(CC)C(=O)N[C@H](C(=O)O)C(C)C. The van der Waals surface area contributed by atoms with Crippen molar-refractivity contribution in [3.05, 3.63) is 12.7 Å². The maximum absolute atomic E-state index is 11.7. The van der Waals surface area contributed by atoms with Crippen molar-refractivity contribution in [2.45, 2.75) is 26.8 Å². The van der Waals surface area contributed by atoms with E-state index in [1.165, 1.54) is 4.90 Å². The Morgan fingerprint density at radius 2 is 2.06 bits per heavy atom. The second kappa shape index (κ2) is 6.87. The third kappa shape index (κ3) is 4.33. The summed E-state index contributed by atoms with van der Waals surface area (Å²) < 4.78 is 0. The van der Waals surface area contributed by atoms with Gasteiger partial charge in [0.05, 0.1) is 0 Å². The first kappa shape index (κ1) is 14.5. The lowest BCUT2D eigenvalue weighted by Crippen LogP contribution is -2.50. The number of aliphatic carboxylic acids is 1. The van der Waals surface area contributed by atoms with Gasteiger partial charge in [-0.1, -0.05) is 19.9 Å². The normalized spacial score (nSPS) is 12.0. The second-order valence-corrected chi connectivity index (χ2v) is 3.84. The molecule has 1 atom stereocenters. The average molecular weight is 228 g/mol. The number of hydrogen-bond acceptors (Lipinski definition) is 2. The molecule has 0 saturated heterocycles. The van der Waals surface area contributed by atoms with Crippen molar-refractivity contribution in [2.24, 2.45) is 5.92 Å². The largest absolute Gasteiger partial charge is 0.480 e. The molecule has 5 nitrogen and oxygen atoms in total. The summed E-state index contributed by atoms with van der Waals surface area (Å²) in [7, 11) is 0. The molecule has 5 heteroatoms. The molecule has 0 bridgehead atoms. The van der Waals surface area contributed by atoms with Gasteiger partial charge < -0.3 is 15.3 Å². The molecule has 0 fully saturated rings. The number of carboxylic acids is 1. The molecule has 0 radical (unpaired) electrons. The minimum Gasteiger partial charge on any atom is -0.480 e. The lowest BCUT2D eigenvalue weighted by Gasteiger charge is -2.24. The van der Waals surface area contributed by atoms with Crippen LogP contribution in [0.25, 0.3) is 0 Å². The molecule has 0 heterocycles. The molecule has 2 amide bonds. The third-order valence-corrected chi connectivity index (χ3v) is 2.23. The monoisotopic (exact) mass is 228 g/mol. The fourth-order valence-corrected chi connectivity index (χ4v) is 1.25. The van der Waals surface area contributed by atoms with Crippen LogP contribution in [0.15, 0.2) is 12.7 Å².